The molecular weight excluding hydrogens is 278 g/mol. The molecule has 0 spiro atoms. The first-order valence-corrected chi connectivity index (χ1v) is 9.18. The molecule has 0 aromatic carbocycles. The Bertz CT molecular complexity index is 546. The second-order valence-corrected chi connectivity index (χ2v) is 7.26. The number of rotatable bonds is 6. The normalized spacial score (nSPS) is 28.0. The van der Waals surface area contributed by atoms with Gasteiger partial charge in [-0.25, -0.2) is 0 Å². The van der Waals surface area contributed by atoms with Crippen molar-refractivity contribution in [3.63, 3.8) is 0 Å². The zero-order valence-electron chi connectivity index (χ0n) is 15.5. The Kier molecular flexibility index (Phi) is 6.10. The molecule has 1 heterocycles. The molecule has 2 rings (SSSR count). The molecule has 4 unspecified atom stereocenters. The molecule has 1 nitrogen and oxygen atoms in total. The fraction of sp³-hybridized carbons (Fsp3) is 0.545. The van der Waals surface area contributed by atoms with Crippen LogP contribution in [0.1, 0.15) is 53.9 Å². The van der Waals surface area contributed by atoms with E-state index in [0.29, 0.717) is 17.9 Å². The van der Waals surface area contributed by atoms with Crippen LogP contribution in [0, 0.1) is 17.3 Å². The van der Waals surface area contributed by atoms with Gasteiger partial charge in [-0.2, -0.15) is 0 Å². The van der Waals surface area contributed by atoms with Gasteiger partial charge in [-0.1, -0.05) is 76.1 Å². The van der Waals surface area contributed by atoms with Crippen molar-refractivity contribution in [1.29, 1.82) is 0 Å². The monoisotopic (exact) mass is 311 g/mol. The first kappa shape index (κ1) is 17.8. The Hall–Kier alpha value is -1.50. The van der Waals surface area contributed by atoms with Gasteiger partial charge in [-0.05, 0) is 54.9 Å². The molecule has 1 aliphatic heterocycles. The molecule has 1 heteroatoms. The van der Waals surface area contributed by atoms with Gasteiger partial charge in [0.05, 0.1) is 6.04 Å². The minimum atomic E-state index is 0.199. The molecule has 0 aromatic heterocycles. The van der Waals surface area contributed by atoms with E-state index in [2.05, 4.69) is 88.7 Å². The molecule has 0 fully saturated rings. The number of allylic oxidation sites excluding steroid dienone is 7. The molecule has 23 heavy (non-hydrogen) atoms. The maximum absolute atomic E-state index is 3.54. The van der Waals surface area contributed by atoms with Crippen molar-refractivity contribution in [3.05, 3.63) is 59.9 Å². The van der Waals surface area contributed by atoms with Gasteiger partial charge in [-0.3, -0.25) is 0 Å². The number of dihydropyridines is 1. The quantitative estimate of drug-likeness (QED) is 0.599. The van der Waals surface area contributed by atoms with Crippen molar-refractivity contribution in [2.45, 2.75) is 59.9 Å². The summed E-state index contributed by atoms with van der Waals surface area (Å²) in [4.78, 5) is 0. The van der Waals surface area contributed by atoms with E-state index in [0.717, 1.165) is 12.8 Å². The van der Waals surface area contributed by atoms with Crippen LogP contribution in [0.15, 0.2) is 59.9 Å². The molecule has 0 saturated heterocycles. The van der Waals surface area contributed by atoms with E-state index < -0.39 is 0 Å². The lowest BCUT2D eigenvalue weighted by Gasteiger charge is -2.44. The summed E-state index contributed by atoms with van der Waals surface area (Å²) in [7, 11) is 0. The third-order valence-electron chi connectivity index (χ3n) is 5.76. The second-order valence-electron chi connectivity index (χ2n) is 7.26. The predicted molar refractivity (Wildman–Crippen MR) is 102 cm³/mol. The Balaban J connectivity index is 2.40. The summed E-state index contributed by atoms with van der Waals surface area (Å²) in [6, 6.07) is 0.326. The van der Waals surface area contributed by atoms with Crippen LogP contribution < -0.4 is 5.32 Å². The Labute approximate surface area is 142 Å². The van der Waals surface area contributed by atoms with E-state index in [1.165, 1.54) is 17.6 Å². The maximum atomic E-state index is 3.54. The largest absolute Gasteiger partial charge is 0.381 e. The maximum Gasteiger partial charge on any atom is 0.0661 e. The minimum Gasteiger partial charge on any atom is -0.381 e. The summed E-state index contributed by atoms with van der Waals surface area (Å²) >= 11 is 0. The fourth-order valence-electron chi connectivity index (χ4n) is 3.87. The van der Waals surface area contributed by atoms with Crippen molar-refractivity contribution in [2.24, 2.45) is 17.3 Å². The van der Waals surface area contributed by atoms with Crippen LogP contribution >= 0.6 is 0 Å². The molecule has 1 aliphatic carbocycles. The van der Waals surface area contributed by atoms with E-state index in [1.54, 1.807) is 0 Å². The number of nitrogens with one attached hydrogen (secondary N) is 1. The van der Waals surface area contributed by atoms with Crippen LogP contribution in [0.25, 0.3) is 0 Å². The number of hydrogen-bond acceptors (Lipinski definition) is 1. The van der Waals surface area contributed by atoms with Crippen LogP contribution in [-0.4, -0.2) is 6.04 Å². The first-order valence-electron chi connectivity index (χ1n) is 9.18. The Morgan fingerprint density at radius 1 is 1.35 bits per heavy atom. The molecule has 4 atom stereocenters. The highest BCUT2D eigenvalue weighted by Crippen LogP contribution is 2.47. The average molecular weight is 312 g/mol. The van der Waals surface area contributed by atoms with Crippen LogP contribution in [-0.2, 0) is 0 Å². The second kappa shape index (κ2) is 7.86. The van der Waals surface area contributed by atoms with Gasteiger partial charge < -0.3 is 5.32 Å². The number of hydrogen-bond donors (Lipinski definition) is 1. The highest BCUT2D eigenvalue weighted by molar-refractivity contribution is 5.38. The Morgan fingerprint density at radius 3 is 2.74 bits per heavy atom. The molecule has 2 aliphatic rings. The summed E-state index contributed by atoms with van der Waals surface area (Å²) in [5.41, 5.74) is 3.13. The van der Waals surface area contributed by atoms with Crippen molar-refractivity contribution in [2.75, 3.05) is 0 Å². The van der Waals surface area contributed by atoms with Gasteiger partial charge in [0, 0.05) is 0 Å². The highest BCUT2D eigenvalue weighted by Gasteiger charge is 2.40. The molecule has 1 N–H and O–H groups in total. The highest BCUT2D eigenvalue weighted by atomic mass is 14.9. The van der Waals surface area contributed by atoms with Crippen LogP contribution in [0.5, 0.6) is 0 Å². The van der Waals surface area contributed by atoms with E-state index in [4.69, 9.17) is 0 Å². The SMILES string of the molecule is CCC=CC(C)(C(C)CC)C1CC=C(C)C=C1C1C=CC=CN1. The zero-order chi connectivity index (χ0) is 16.9. The molecule has 126 valence electrons. The lowest BCUT2D eigenvalue weighted by Crippen LogP contribution is -2.40. The summed E-state index contributed by atoms with van der Waals surface area (Å²) in [5, 5.41) is 3.54. The first-order chi connectivity index (χ1) is 11.0. The van der Waals surface area contributed by atoms with Crippen molar-refractivity contribution in [1.82, 2.24) is 5.32 Å². The van der Waals surface area contributed by atoms with Crippen LogP contribution in [0.2, 0.25) is 0 Å². The van der Waals surface area contributed by atoms with Crippen molar-refractivity contribution in [3.8, 4) is 0 Å². The molecule has 0 radical (unpaired) electrons. The Morgan fingerprint density at radius 2 is 2.13 bits per heavy atom. The molecule has 0 aromatic rings. The van der Waals surface area contributed by atoms with E-state index >= 15 is 0 Å². The van der Waals surface area contributed by atoms with Gasteiger partial charge in [-0.15, -0.1) is 0 Å². The fourth-order valence-corrected chi connectivity index (χ4v) is 3.87. The summed E-state index contributed by atoms with van der Waals surface area (Å²) in [6.45, 7) is 11.6. The standard InChI is InChI=1S/C22H33N/c1-6-8-14-22(5,18(4)7-2)20-13-12-17(3)16-19(20)21-11-9-10-15-23-21/h8-12,14-16,18,20-21,23H,6-7,13H2,1-5H3. The van der Waals surface area contributed by atoms with Crippen molar-refractivity contribution < 1.29 is 0 Å². The van der Waals surface area contributed by atoms with Gasteiger partial charge in [0.2, 0.25) is 0 Å². The summed E-state index contributed by atoms with van der Waals surface area (Å²) < 4.78 is 0. The van der Waals surface area contributed by atoms with Gasteiger partial charge >= 0.3 is 0 Å². The van der Waals surface area contributed by atoms with Crippen LogP contribution in [0.4, 0.5) is 0 Å². The van der Waals surface area contributed by atoms with Gasteiger partial charge in [0.25, 0.3) is 0 Å². The summed E-state index contributed by atoms with van der Waals surface area (Å²) in [6.07, 6.45) is 21.7. The third kappa shape index (κ3) is 3.88. The smallest absolute Gasteiger partial charge is 0.0661 e. The zero-order valence-corrected chi connectivity index (χ0v) is 15.5. The van der Waals surface area contributed by atoms with E-state index in [1.807, 2.05) is 0 Å². The van der Waals surface area contributed by atoms with Gasteiger partial charge in [0.15, 0.2) is 0 Å². The topological polar surface area (TPSA) is 12.0 Å². The van der Waals surface area contributed by atoms with E-state index in [-0.39, 0.29) is 5.41 Å². The molecule has 0 saturated carbocycles. The molecular formula is C22H33N. The van der Waals surface area contributed by atoms with Crippen LogP contribution in [0.3, 0.4) is 0 Å². The molecule has 0 bridgehead atoms. The van der Waals surface area contributed by atoms with Crippen molar-refractivity contribution >= 4 is 0 Å². The predicted octanol–water partition coefficient (Wildman–Crippen LogP) is 5.94. The average Bonchev–Trinajstić information content (AvgIpc) is 2.59. The molecule has 0 amide bonds. The lowest BCUT2D eigenvalue weighted by atomic mass is 9.61. The summed E-state index contributed by atoms with van der Waals surface area (Å²) in [5.74, 6) is 1.21. The van der Waals surface area contributed by atoms with Gasteiger partial charge in [0.1, 0.15) is 0 Å². The van der Waals surface area contributed by atoms with E-state index in [9.17, 15) is 0 Å². The lowest BCUT2D eigenvalue weighted by molar-refractivity contribution is 0.180. The third-order valence-corrected chi connectivity index (χ3v) is 5.76. The minimum absolute atomic E-state index is 0.199.